The molecule has 4 heterocycles. The minimum absolute atomic E-state index is 0.197. The summed E-state index contributed by atoms with van der Waals surface area (Å²) < 4.78 is 7.29. The lowest BCUT2D eigenvalue weighted by Crippen LogP contribution is -2.60. The molecule has 1 aromatic heterocycles. The van der Waals surface area contributed by atoms with Crippen LogP contribution in [-0.4, -0.2) is 53.1 Å². The van der Waals surface area contributed by atoms with Crippen LogP contribution in [0.5, 0.6) is 5.75 Å². The van der Waals surface area contributed by atoms with Gasteiger partial charge >= 0.3 is 0 Å². The Bertz CT molecular complexity index is 875. The number of aromatic nitrogens is 1. The Kier molecular flexibility index (Phi) is 4.86. The molecule has 5 heteroatoms. The summed E-state index contributed by atoms with van der Waals surface area (Å²) in [7, 11) is 3.68. The van der Waals surface area contributed by atoms with E-state index in [2.05, 4.69) is 34.1 Å². The summed E-state index contributed by atoms with van der Waals surface area (Å²) >= 11 is 0. The van der Waals surface area contributed by atoms with Crippen molar-refractivity contribution in [2.75, 3.05) is 26.7 Å². The summed E-state index contributed by atoms with van der Waals surface area (Å²) in [6.07, 6.45) is 6.99. The van der Waals surface area contributed by atoms with E-state index in [1.165, 1.54) is 31.2 Å². The lowest BCUT2D eigenvalue weighted by Gasteiger charge is -2.55. The molecule has 3 aliphatic heterocycles. The lowest BCUT2D eigenvalue weighted by atomic mass is 9.74. The minimum Gasteiger partial charge on any atom is -0.497 e. The molecule has 1 aromatic carbocycles. The highest BCUT2D eigenvalue weighted by Gasteiger charge is 2.45. The van der Waals surface area contributed by atoms with Gasteiger partial charge in [0.2, 0.25) is 0 Å². The summed E-state index contributed by atoms with van der Waals surface area (Å²) in [5.74, 6) is 2.29. The van der Waals surface area contributed by atoms with Gasteiger partial charge in [-0.2, -0.15) is 0 Å². The number of carbonyl (C=O) groups excluding carboxylic acids is 1. The van der Waals surface area contributed by atoms with Gasteiger partial charge in [-0.05, 0) is 67.3 Å². The van der Waals surface area contributed by atoms with Gasteiger partial charge in [0, 0.05) is 45.0 Å². The first-order valence-electron chi connectivity index (χ1n) is 10.9. The Labute approximate surface area is 173 Å². The second-order valence-corrected chi connectivity index (χ2v) is 9.06. The molecule has 2 aromatic rings. The largest absolute Gasteiger partial charge is 0.497 e. The van der Waals surface area contributed by atoms with Crippen LogP contribution in [0.3, 0.4) is 0 Å². The van der Waals surface area contributed by atoms with Crippen LogP contribution in [-0.2, 0) is 7.05 Å². The Hall–Kier alpha value is -2.27. The van der Waals surface area contributed by atoms with Gasteiger partial charge in [0.25, 0.3) is 5.91 Å². The highest BCUT2D eigenvalue weighted by Crippen LogP contribution is 2.44. The van der Waals surface area contributed by atoms with Crippen molar-refractivity contribution in [1.82, 2.24) is 14.4 Å². The van der Waals surface area contributed by atoms with Gasteiger partial charge in [0.05, 0.1) is 7.11 Å². The van der Waals surface area contributed by atoms with Crippen molar-refractivity contribution in [3.05, 3.63) is 53.9 Å². The van der Waals surface area contributed by atoms with E-state index in [-0.39, 0.29) is 5.91 Å². The molecule has 0 unspecified atom stereocenters. The number of carbonyl (C=O) groups is 1. The van der Waals surface area contributed by atoms with Crippen molar-refractivity contribution in [2.45, 2.75) is 37.8 Å². The molecule has 0 saturated carbocycles. The van der Waals surface area contributed by atoms with Gasteiger partial charge in [-0.1, -0.05) is 12.1 Å². The lowest BCUT2D eigenvalue weighted by molar-refractivity contribution is -0.0513. The maximum Gasteiger partial charge on any atom is 0.270 e. The summed E-state index contributed by atoms with van der Waals surface area (Å²) in [4.78, 5) is 18.0. The Morgan fingerprint density at radius 2 is 1.90 bits per heavy atom. The molecule has 4 atom stereocenters. The monoisotopic (exact) mass is 393 g/mol. The summed E-state index contributed by atoms with van der Waals surface area (Å²) in [5.41, 5.74) is 2.22. The fourth-order valence-electron chi connectivity index (χ4n) is 6.00. The molecule has 3 aliphatic rings. The number of likely N-dealkylation sites (tertiary alicyclic amines) is 1. The van der Waals surface area contributed by atoms with Crippen molar-refractivity contribution in [3.8, 4) is 5.75 Å². The molecule has 5 nitrogen and oxygen atoms in total. The van der Waals surface area contributed by atoms with Crippen LogP contribution in [0.2, 0.25) is 0 Å². The van der Waals surface area contributed by atoms with E-state index >= 15 is 0 Å². The zero-order valence-electron chi connectivity index (χ0n) is 17.5. The third-order valence-corrected chi connectivity index (χ3v) is 7.34. The summed E-state index contributed by atoms with van der Waals surface area (Å²) in [5, 5.41) is 0. The minimum atomic E-state index is 0.197. The van der Waals surface area contributed by atoms with Crippen molar-refractivity contribution in [2.24, 2.45) is 18.9 Å². The fourth-order valence-corrected chi connectivity index (χ4v) is 6.00. The molecule has 154 valence electrons. The molecule has 0 N–H and O–H groups in total. The van der Waals surface area contributed by atoms with E-state index in [1.54, 1.807) is 7.11 Å². The number of piperidine rings is 3. The number of methoxy groups -OCH3 is 1. The molecular formula is C24H31N3O2. The zero-order chi connectivity index (χ0) is 20.0. The van der Waals surface area contributed by atoms with Crippen LogP contribution in [0.25, 0.3) is 0 Å². The smallest absolute Gasteiger partial charge is 0.270 e. The predicted molar refractivity (Wildman–Crippen MR) is 113 cm³/mol. The topological polar surface area (TPSA) is 37.7 Å². The van der Waals surface area contributed by atoms with Gasteiger partial charge in [-0.25, -0.2) is 0 Å². The van der Waals surface area contributed by atoms with Crippen LogP contribution in [0, 0.1) is 11.8 Å². The molecule has 3 fully saturated rings. The van der Waals surface area contributed by atoms with Crippen LogP contribution in [0.1, 0.15) is 47.8 Å². The Balaban J connectivity index is 1.35. The van der Waals surface area contributed by atoms with Gasteiger partial charge in [0.15, 0.2) is 0 Å². The predicted octanol–water partition coefficient (Wildman–Crippen LogP) is 3.72. The first kappa shape index (κ1) is 18.7. The maximum atomic E-state index is 13.1. The third-order valence-electron chi connectivity index (χ3n) is 7.34. The number of ether oxygens (including phenoxy) is 1. The molecule has 5 rings (SSSR count). The van der Waals surface area contributed by atoms with E-state index in [4.69, 9.17) is 4.74 Å². The third kappa shape index (κ3) is 3.35. The van der Waals surface area contributed by atoms with Crippen LogP contribution in [0.15, 0.2) is 42.6 Å². The molecule has 0 aliphatic carbocycles. The van der Waals surface area contributed by atoms with E-state index < -0.39 is 0 Å². The Morgan fingerprint density at radius 1 is 1.07 bits per heavy atom. The maximum absolute atomic E-state index is 13.1. The molecule has 0 radical (unpaired) electrons. The van der Waals surface area contributed by atoms with E-state index in [0.717, 1.165) is 31.1 Å². The summed E-state index contributed by atoms with van der Waals surface area (Å²) in [6.45, 7) is 2.89. The molecule has 29 heavy (non-hydrogen) atoms. The highest BCUT2D eigenvalue weighted by atomic mass is 16.5. The second-order valence-electron chi connectivity index (χ2n) is 9.06. The quantitative estimate of drug-likeness (QED) is 0.798. The Morgan fingerprint density at radius 3 is 2.62 bits per heavy atom. The number of aryl methyl sites for hydroxylation is 1. The van der Waals surface area contributed by atoms with E-state index in [9.17, 15) is 4.79 Å². The second kappa shape index (κ2) is 7.52. The number of benzene rings is 1. The van der Waals surface area contributed by atoms with Crippen LogP contribution < -0.4 is 4.74 Å². The van der Waals surface area contributed by atoms with Crippen LogP contribution >= 0.6 is 0 Å². The molecule has 2 bridgehead atoms. The molecule has 3 saturated heterocycles. The highest BCUT2D eigenvalue weighted by molar-refractivity contribution is 5.92. The zero-order valence-corrected chi connectivity index (χ0v) is 17.5. The van der Waals surface area contributed by atoms with Crippen LogP contribution in [0.4, 0.5) is 0 Å². The number of amides is 1. The molecular weight excluding hydrogens is 362 g/mol. The average Bonchev–Trinajstić information content (AvgIpc) is 3.18. The van der Waals surface area contributed by atoms with E-state index in [1.807, 2.05) is 29.9 Å². The van der Waals surface area contributed by atoms with Crippen molar-refractivity contribution >= 4 is 5.91 Å². The van der Waals surface area contributed by atoms with Crippen molar-refractivity contribution in [3.63, 3.8) is 0 Å². The number of nitrogens with zero attached hydrogens (tertiary/aromatic N) is 3. The normalized spacial score (nSPS) is 29.4. The molecule has 1 amide bonds. The number of hydrogen-bond acceptors (Lipinski definition) is 3. The summed E-state index contributed by atoms with van der Waals surface area (Å²) in [6, 6.07) is 13.6. The van der Waals surface area contributed by atoms with Gasteiger partial charge in [0.1, 0.15) is 11.4 Å². The number of rotatable bonds is 3. The van der Waals surface area contributed by atoms with Gasteiger partial charge < -0.3 is 14.2 Å². The molecule has 0 spiro atoms. The first-order valence-corrected chi connectivity index (χ1v) is 10.9. The fraction of sp³-hybridized carbons (Fsp3) is 0.542. The van der Waals surface area contributed by atoms with E-state index in [0.29, 0.717) is 23.9 Å². The van der Waals surface area contributed by atoms with Gasteiger partial charge in [-0.15, -0.1) is 0 Å². The van der Waals surface area contributed by atoms with Crippen molar-refractivity contribution in [1.29, 1.82) is 0 Å². The average molecular weight is 394 g/mol. The number of fused-ring (bicyclic) bond motifs is 4. The standard InChI is InChI=1S/C24H31N3O2/c1-25-12-4-7-23(25)24(28)26-14-17-13-19(16-26)22-6-3-5-21(27(22)15-17)18-8-10-20(29-2)11-9-18/h4,7-12,17,19,21-22H,3,5-6,13-16H2,1-2H3/t17-,19+,21+,22-/m0/s1. The number of hydrogen-bond donors (Lipinski definition) is 0. The van der Waals surface area contributed by atoms with Gasteiger partial charge in [-0.3, -0.25) is 9.69 Å². The SMILES string of the molecule is COc1ccc([C@H]2CCC[C@H]3[C@@H]4C[C@@H](CN(C(=O)c5cccn5C)C4)CN23)cc1. The first-order chi connectivity index (χ1) is 14.1. The van der Waals surface area contributed by atoms with Crippen molar-refractivity contribution < 1.29 is 9.53 Å².